The van der Waals surface area contributed by atoms with Crippen molar-refractivity contribution < 1.29 is 8.42 Å². The first kappa shape index (κ1) is 15.3. The Morgan fingerprint density at radius 3 is 2.65 bits per heavy atom. The Bertz CT molecular complexity index is 566. The van der Waals surface area contributed by atoms with E-state index in [1.165, 1.54) is 6.20 Å². The number of nitrogens with zero attached hydrogens (tertiary/aromatic N) is 1. The van der Waals surface area contributed by atoms with Gasteiger partial charge < -0.3 is 5.32 Å². The van der Waals surface area contributed by atoms with Gasteiger partial charge in [-0.1, -0.05) is 13.8 Å². The van der Waals surface area contributed by atoms with Crippen molar-refractivity contribution in [2.45, 2.75) is 38.5 Å². The highest BCUT2D eigenvalue weighted by Gasteiger charge is 2.45. The Morgan fingerprint density at radius 2 is 2.10 bits per heavy atom. The molecule has 5 nitrogen and oxygen atoms in total. The van der Waals surface area contributed by atoms with E-state index in [0.717, 1.165) is 12.8 Å². The molecule has 0 unspecified atom stereocenters. The van der Waals surface area contributed by atoms with Crippen LogP contribution < -0.4 is 10.0 Å². The quantitative estimate of drug-likeness (QED) is 0.809. The standard InChI is InChI=1S/C14H23N3O2S/c1-4-16-12-5-8-15-9-13(12)20(18,19)17-10-14(6-7-14)11(2)3/h5,8-9,11,17H,4,6-7,10H2,1-3H3,(H,15,16). The summed E-state index contributed by atoms with van der Waals surface area (Å²) < 4.78 is 27.6. The van der Waals surface area contributed by atoms with E-state index >= 15 is 0 Å². The van der Waals surface area contributed by atoms with Crippen molar-refractivity contribution >= 4 is 15.7 Å². The van der Waals surface area contributed by atoms with Gasteiger partial charge in [-0.25, -0.2) is 13.1 Å². The lowest BCUT2D eigenvalue weighted by Crippen LogP contribution is -2.33. The summed E-state index contributed by atoms with van der Waals surface area (Å²) in [5, 5.41) is 3.06. The Hall–Kier alpha value is -1.14. The molecule has 0 bridgehead atoms. The summed E-state index contributed by atoms with van der Waals surface area (Å²) in [7, 11) is -3.51. The number of rotatable bonds is 7. The average Bonchev–Trinajstić information content (AvgIpc) is 3.19. The number of hydrogen-bond acceptors (Lipinski definition) is 4. The SMILES string of the molecule is CCNc1ccncc1S(=O)(=O)NCC1(C(C)C)CC1. The molecule has 2 N–H and O–H groups in total. The van der Waals surface area contributed by atoms with E-state index in [4.69, 9.17) is 0 Å². The van der Waals surface area contributed by atoms with Gasteiger partial charge in [0, 0.05) is 25.5 Å². The maximum absolute atomic E-state index is 12.4. The summed E-state index contributed by atoms with van der Waals surface area (Å²) in [6.45, 7) is 7.41. The second-order valence-electron chi connectivity index (χ2n) is 5.74. The maximum atomic E-state index is 12.4. The van der Waals surface area contributed by atoms with E-state index in [1.54, 1.807) is 12.3 Å². The molecule has 0 spiro atoms. The first-order valence-electron chi connectivity index (χ1n) is 7.09. The highest BCUT2D eigenvalue weighted by molar-refractivity contribution is 7.89. The van der Waals surface area contributed by atoms with Crippen LogP contribution in [0, 0.1) is 11.3 Å². The summed E-state index contributed by atoms with van der Waals surface area (Å²) >= 11 is 0. The lowest BCUT2D eigenvalue weighted by Gasteiger charge is -2.20. The number of pyridine rings is 1. The Morgan fingerprint density at radius 1 is 1.40 bits per heavy atom. The minimum atomic E-state index is -3.51. The molecule has 1 aromatic rings. The molecule has 1 aliphatic carbocycles. The van der Waals surface area contributed by atoms with Gasteiger partial charge in [0.05, 0.1) is 5.69 Å². The van der Waals surface area contributed by atoms with Crippen LogP contribution in [0.2, 0.25) is 0 Å². The number of anilines is 1. The third-order valence-corrected chi connectivity index (χ3v) is 5.60. The molecule has 20 heavy (non-hydrogen) atoms. The fraction of sp³-hybridized carbons (Fsp3) is 0.643. The second kappa shape index (κ2) is 5.69. The largest absolute Gasteiger partial charge is 0.384 e. The molecule has 1 aromatic heterocycles. The molecule has 0 saturated heterocycles. The van der Waals surface area contributed by atoms with Crippen molar-refractivity contribution in [2.75, 3.05) is 18.4 Å². The molecule has 1 fully saturated rings. The first-order valence-corrected chi connectivity index (χ1v) is 8.57. The zero-order valence-corrected chi connectivity index (χ0v) is 13.1. The summed E-state index contributed by atoms with van der Waals surface area (Å²) in [6.07, 6.45) is 5.18. The van der Waals surface area contributed by atoms with Crippen molar-refractivity contribution in [3.63, 3.8) is 0 Å². The van der Waals surface area contributed by atoms with E-state index in [2.05, 4.69) is 28.9 Å². The van der Waals surface area contributed by atoms with Crippen molar-refractivity contribution in [1.82, 2.24) is 9.71 Å². The molecule has 0 aromatic carbocycles. The second-order valence-corrected chi connectivity index (χ2v) is 7.48. The number of nitrogens with one attached hydrogen (secondary N) is 2. The molecule has 1 aliphatic rings. The molecule has 1 saturated carbocycles. The van der Waals surface area contributed by atoms with E-state index < -0.39 is 10.0 Å². The van der Waals surface area contributed by atoms with Crippen molar-refractivity contribution in [3.8, 4) is 0 Å². The van der Waals surface area contributed by atoms with Crippen LogP contribution in [-0.4, -0.2) is 26.5 Å². The molecule has 2 rings (SSSR count). The monoisotopic (exact) mass is 297 g/mol. The van der Waals surface area contributed by atoms with Gasteiger partial charge >= 0.3 is 0 Å². The lowest BCUT2D eigenvalue weighted by atomic mass is 9.93. The molecule has 0 atom stereocenters. The minimum Gasteiger partial charge on any atom is -0.384 e. The van der Waals surface area contributed by atoms with Gasteiger partial charge in [-0.2, -0.15) is 0 Å². The predicted octanol–water partition coefficient (Wildman–Crippen LogP) is 2.23. The predicted molar refractivity (Wildman–Crippen MR) is 80.1 cm³/mol. The van der Waals surface area contributed by atoms with Gasteiger partial charge in [-0.15, -0.1) is 0 Å². The number of hydrogen-bond donors (Lipinski definition) is 2. The molecule has 1 heterocycles. The lowest BCUT2D eigenvalue weighted by molar-refractivity contribution is 0.357. The summed E-state index contributed by atoms with van der Waals surface area (Å²) in [5.41, 5.74) is 0.748. The number of sulfonamides is 1. The Labute approximate surface area is 121 Å². The summed E-state index contributed by atoms with van der Waals surface area (Å²) in [5.74, 6) is 0.493. The third kappa shape index (κ3) is 3.12. The van der Waals surface area contributed by atoms with Crippen LogP contribution in [0.15, 0.2) is 23.4 Å². The molecular weight excluding hydrogens is 274 g/mol. The minimum absolute atomic E-state index is 0.146. The van der Waals surface area contributed by atoms with Crippen LogP contribution in [-0.2, 0) is 10.0 Å². The Balaban J connectivity index is 2.15. The topological polar surface area (TPSA) is 71.1 Å². The summed E-state index contributed by atoms with van der Waals surface area (Å²) in [4.78, 5) is 4.15. The fourth-order valence-corrected chi connectivity index (χ4v) is 3.63. The summed E-state index contributed by atoms with van der Waals surface area (Å²) in [6, 6.07) is 1.69. The molecule has 0 amide bonds. The van der Waals surface area contributed by atoms with Gasteiger partial charge in [0.15, 0.2) is 0 Å². The van der Waals surface area contributed by atoms with E-state index in [1.807, 2.05) is 6.92 Å². The van der Waals surface area contributed by atoms with Crippen molar-refractivity contribution in [1.29, 1.82) is 0 Å². The van der Waals surface area contributed by atoms with Crippen molar-refractivity contribution in [2.24, 2.45) is 11.3 Å². The van der Waals surface area contributed by atoms with Crippen LogP contribution in [0.5, 0.6) is 0 Å². The van der Waals surface area contributed by atoms with Crippen LogP contribution in [0.4, 0.5) is 5.69 Å². The fourth-order valence-electron chi connectivity index (χ4n) is 2.37. The maximum Gasteiger partial charge on any atom is 0.244 e. The van der Waals surface area contributed by atoms with E-state index in [-0.39, 0.29) is 10.3 Å². The van der Waals surface area contributed by atoms with Gasteiger partial charge in [0.2, 0.25) is 10.0 Å². The van der Waals surface area contributed by atoms with Crippen LogP contribution in [0.25, 0.3) is 0 Å². The van der Waals surface area contributed by atoms with Gasteiger partial charge in [-0.05, 0) is 37.2 Å². The van der Waals surface area contributed by atoms with Crippen LogP contribution in [0.3, 0.4) is 0 Å². The molecule has 112 valence electrons. The molecule has 0 aliphatic heterocycles. The molecule has 0 radical (unpaired) electrons. The first-order chi connectivity index (χ1) is 9.41. The average molecular weight is 297 g/mol. The highest BCUT2D eigenvalue weighted by atomic mass is 32.2. The van der Waals surface area contributed by atoms with Crippen LogP contribution >= 0.6 is 0 Å². The smallest absolute Gasteiger partial charge is 0.244 e. The zero-order valence-electron chi connectivity index (χ0n) is 12.3. The van der Waals surface area contributed by atoms with Crippen molar-refractivity contribution in [3.05, 3.63) is 18.5 Å². The Kier molecular flexibility index (Phi) is 4.34. The van der Waals surface area contributed by atoms with E-state index in [9.17, 15) is 8.42 Å². The zero-order chi connectivity index (χ0) is 14.8. The van der Waals surface area contributed by atoms with Gasteiger partial charge in [0.1, 0.15) is 4.90 Å². The molecule has 6 heteroatoms. The molecular formula is C14H23N3O2S. The normalized spacial score (nSPS) is 17.2. The van der Waals surface area contributed by atoms with Crippen LogP contribution in [0.1, 0.15) is 33.6 Å². The third-order valence-electron chi connectivity index (χ3n) is 4.17. The van der Waals surface area contributed by atoms with E-state index in [0.29, 0.717) is 24.7 Å². The van der Waals surface area contributed by atoms with Gasteiger partial charge in [0.25, 0.3) is 0 Å². The number of aromatic nitrogens is 1. The van der Waals surface area contributed by atoms with Gasteiger partial charge in [-0.3, -0.25) is 4.98 Å². The highest BCUT2D eigenvalue weighted by Crippen LogP contribution is 2.51.